The van der Waals surface area contributed by atoms with Gasteiger partial charge in [-0.1, -0.05) is 71.2 Å². The largest absolute Gasteiger partial charge is 0.508 e. The van der Waals surface area contributed by atoms with Gasteiger partial charge >= 0.3 is 5.97 Å². The van der Waals surface area contributed by atoms with Gasteiger partial charge < -0.3 is 50.8 Å². The predicted molar refractivity (Wildman–Crippen MR) is 291 cm³/mol. The molecular weight excluding hydrogens is 969 g/mol. The number of rotatable bonds is 7. The van der Waals surface area contributed by atoms with E-state index in [0.29, 0.717) is 60.7 Å². The van der Waals surface area contributed by atoms with Crippen molar-refractivity contribution in [1.82, 2.24) is 16.0 Å². The molecule has 3 aromatic carbocycles. The summed E-state index contributed by atoms with van der Waals surface area (Å²) < 4.78 is 27.3. The highest BCUT2D eigenvalue weighted by Crippen LogP contribution is 2.63. The molecule has 14 heteroatoms. The summed E-state index contributed by atoms with van der Waals surface area (Å²) in [7, 11) is 5.44. The van der Waals surface area contributed by atoms with E-state index in [9.17, 15) is 19.8 Å². The average Bonchev–Trinajstić information content (AvgIpc) is 3.90. The van der Waals surface area contributed by atoms with Crippen LogP contribution in [0.2, 0.25) is 0 Å². The van der Waals surface area contributed by atoms with Gasteiger partial charge in [-0.05, 0) is 122 Å². The van der Waals surface area contributed by atoms with E-state index >= 15 is 0 Å². The molecule has 12 rings (SSSR count). The fourth-order valence-electron chi connectivity index (χ4n) is 14.4. The molecule has 0 radical (unpaired) electrons. The van der Waals surface area contributed by atoms with Crippen molar-refractivity contribution in [3.63, 3.8) is 0 Å². The van der Waals surface area contributed by atoms with E-state index in [1.54, 1.807) is 13.2 Å². The van der Waals surface area contributed by atoms with Crippen molar-refractivity contribution in [3.05, 3.63) is 92.2 Å². The number of phenolic OH excluding ortho intramolecular Hbond substituents is 2. The number of aromatic hydroxyl groups is 2. The molecule has 1 spiro atoms. The molecule has 5 aliphatic heterocycles. The number of Topliss-reactive ketones (excluding diaryl/α,β-unsaturated/α-hetero) is 1. The third-order valence-electron chi connectivity index (χ3n) is 18.0. The van der Waals surface area contributed by atoms with Crippen LogP contribution in [0.25, 0.3) is 17.2 Å². The second-order valence-electron chi connectivity index (χ2n) is 22.5. The zero-order chi connectivity index (χ0) is 50.8. The summed E-state index contributed by atoms with van der Waals surface area (Å²) in [5.74, 6) is 11.6. The van der Waals surface area contributed by atoms with E-state index in [-0.39, 0.29) is 66.0 Å². The van der Waals surface area contributed by atoms with E-state index in [2.05, 4.69) is 65.1 Å². The predicted octanol–water partition coefficient (Wildman–Crippen LogP) is 9.86. The number of dihydropyridines is 1. The van der Waals surface area contributed by atoms with Crippen LogP contribution < -0.4 is 35.9 Å². The van der Waals surface area contributed by atoms with E-state index in [1.807, 2.05) is 27.7 Å². The summed E-state index contributed by atoms with van der Waals surface area (Å²) in [5, 5.41) is 35.7. The van der Waals surface area contributed by atoms with Crippen molar-refractivity contribution in [1.29, 1.82) is 0 Å². The maximum absolute atomic E-state index is 13.1. The van der Waals surface area contributed by atoms with Gasteiger partial charge in [-0.15, -0.1) is 0 Å². The Hall–Kier alpha value is -5.04. The van der Waals surface area contributed by atoms with Crippen molar-refractivity contribution in [3.8, 4) is 51.7 Å². The molecule has 4 aliphatic carbocycles. The van der Waals surface area contributed by atoms with Gasteiger partial charge in [0.2, 0.25) is 0 Å². The van der Waals surface area contributed by atoms with Crippen molar-refractivity contribution < 1.29 is 38.7 Å². The van der Waals surface area contributed by atoms with E-state index in [4.69, 9.17) is 24.7 Å². The maximum Gasteiger partial charge on any atom is 0.302 e. The molecule has 0 amide bonds. The number of esters is 1. The first-order valence-corrected chi connectivity index (χ1v) is 29.8. The smallest absolute Gasteiger partial charge is 0.302 e. The molecule has 4 fully saturated rings. The number of benzene rings is 3. The van der Waals surface area contributed by atoms with Crippen molar-refractivity contribution in [2.24, 2.45) is 17.6 Å². The number of nitrogens with one attached hydrogen (secondary N) is 3. The summed E-state index contributed by atoms with van der Waals surface area (Å²) in [6.07, 6.45) is 17.9. The number of nitrogens with two attached hydrogens (primary N) is 1. The number of phenols is 2. The molecule has 390 valence electrons. The van der Waals surface area contributed by atoms with Gasteiger partial charge in [0.15, 0.2) is 11.5 Å². The second kappa shape index (κ2) is 20.5. The van der Waals surface area contributed by atoms with Crippen LogP contribution in [0.15, 0.2) is 53.3 Å². The SMILES string of the molecule is CCC1=CC2=C(C#CCc3c(CNC4CCC(=O)CC4)c(O)c4c(c3C3Oc5c(ccc6c5C5(CCC(C2)C5)Cc2cc(O)cc(OC)c2-6)C3COC(C)=O)C=CC2NC3CCCC(CSSCC2O4)C3)NC1N. The van der Waals surface area contributed by atoms with Crippen LogP contribution in [0, 0.1) is 23.7 Å². The first-order chi connectivity index (χ1) is 36.0. The summed E-state index contributed by atoms with van der Waals surface area (Å²) in [6, 6.07) is 8.28. The number of allylic oxidation sites excluding steroid dienone is 3. The molecule has 5 heterocycles. The zero-order valence-electron chi connectivity index (χ0n) is 42.9. The Balaban J connectivity index is 1.10. The lowest BCUT2D eigenvalue weighted by atomic mass is 9.65. The van der Waals surface area contributed by atoms with Gasteiger partial charge in [0.05, 0.1) is 30.9 Å². The lowest BCUT2D eigenvalue weighted by Crippen LogP contribution is -2.49. The Kier molecular flexibility index (Phi) is 13.8. The molecule has 1 saturated heterocycles. The molecule has 3 saturated carbocycles. The van der Waals surface area contributed by atoms with Gasteiger partial charge in [-0.25, -0.2) is 0 Å². The molecule has 9 atom stereocenters. The van der Waals surface area contributed by atoms with Crippen LogP contribution >= 0.6 is 21.6 Å². The normalized spacial score (nSPS) is 29.8. The highest BCUT2D eigenvalue weighted by atomic mass is 33.1. The molecule has 6 bridgehead atoms. The van der Waals surface area contributed by atoms with Gasteiger partial charge in [-0.2, -0.15) is 0 Å². The zero-order valence-corrected chi connectivity index (χ0v) is 44.5. The summed E-state index contributed by atoms with van der Waals surface area (Å²) in [6.45, 7) is 3.98. The van der Waals surface area contributed by atoms with E-state index < -0.39 is 12.0 Å². The lowest BCUT2D eigenvalue weighted by molar-refractivity contribution is -0.142. The van der Waals surface area contributed by atoms with Gasteiger partial charge in [0.1, 0.15) is 41.8 Å². The maximum atomic E-state index is 13.1. The Bertz CT molecular complexity index is 2930. The van der Waals surface area contributed by atoms with Crippen molar-refractivity contribution in [2.45, 2.75) is 165 Å². The number of carbonyl (C=O) groups excluding carboxylic acids is 2. The molecule has 7 N–H and O–H groups in total. The topological polar surface area (TPSA) is 174 Å². The Morgan fingerprint density at radius 3 is 2.73 bits per heavy atom. The van der Waals surface area contributed by atoms with Crippen LogP contribution in [-0.4, -0.2) is 77.6 Å². The Labute approximate surface area is 443 Å². The summed E-state index contributed by atoms with van der Waals surface area (Å²) in [5.41, 5.74) is 17.9. The molecule has 74 heavy (non-hydrogen) atoms. The van der Waals surface area contributed by atoms with Crippen molar-refractivity contribution in [2.75, 3.05) is 25.2 Å². The van der Waals surface area contributed by atoms with Gasteiger partial charge in [-0.3, -0.25) is 9.59 Å². The number of hydrogen-bond acceptors (Lipinski definition) is 14. The first kappa shape index (κ1) is 49.8. The molecule has 9 unspecified atom stereocenters. The standard InChI is InChI=1S/C60H70N4O8S2/c1-4-35-23-36-21-33-19-20-60(26-33)27-37-24-41(67)25-50(69-3)52(37)44-16-15-43-47(29-70-32(2)65)56(72-57(43)54(44)60)53-42(9-6-10-48(36)64-59(35)61)46(28-62-38-11-13-40(66)14-12-38)55(68)58-45(53)17-18-49-51(71-58)31-74-73-30-34-7-5-8-39(22-34)63-49/h15-18,23-25,33-34,38-39,47,49,51,56,59,62-64,67-68H,4-5,7-9,11-14,19-22,26-31,61H2,1-3H3. The van der Waals surface area contributed by atoms with Crippen LogP contribution in [0.5, 0.6) is 28.7 Å². The highest BCUT2D eigenvalue weighted by molar-refractivity contribution is 8.76. The number of hydrogen-bond donors (Lipinski definition) is 6. The number of ketones is 1. The highest BCUT2D eigenvalue weighted by Gasteiger charge is 2.52. The number of ether oxygens (including phenoxy) is 4. The minimum atomic E-state index is -0.691. The van der Waals surface area contributed by atoms with Gasteiger partial charge in [0.25, 0.3) is 0 Å². The second-order valence-corrected chi connectivity index (χ2v) is 25.1. The number of fused-ring (bicyclic) bond motifs is 11. The van der Waals surface area contributed by atoms with Gasteiger partial charge in [0, 0.05) is 101 Å². The quantitative estimate of drug-likeness (QED) is 0.0750. The first-order valence-electron chi connectivity index (χ1n) is 27.3. The molecule has 12 nitrogen and oxygen atoms in total. The monoisotopic (exact) mass is 1040 g/mol. The molecule has 9 aliphatic rings. The third kappa shape index (κ3) is 9.20. The Morgan fingerprint density at radius 1 is 1.05 bits per heavy atom. The van der Waals surface area contributed by atoms with Crippen LogP contribution in [0.4, 0.5) is 0 Å². The lowest BCUT2D eigenvalue weighted by Gasteiger charge is -2.39. The molecule has 3 aromatic rings. The summed E-state index contributed by atoms with van der Waals surface area (Å²) >= 11 is 0. The third-order valence-corrected chi connectivity index (χ3v) is 20.5. The number of methoxy groups -OCH3 is 1. The van der Waals surface area contributed by atoms with Crippen LogP contribution in [0.3, 0.4) is 0 Å². The average molecular weight is 1040 g/mol. The molecular formula is C60H70N4O8S2. The fraction of sp³-hybridized carbons (Fsp3) is 0.533. The van der Waals surface area contributed by atoms with E-state index in [1.165, 1.54) is 19.8 Å². The Morgan fingerprint density at radius 2 is 1.91 bits per heavy atom. The van der Waals surface area contributed by atoms with Crippen molar-refractivity contribution >= 4 is 39.4 Å². The van der Waals surface area contributed by atoms with Crippen LogP contribution in [-0.2, 0) is 39.1 Å². The number of carbonyl (C=O) groups is 2. The minimum absolute atomic E-state index is 0.0673. The van der Waals surface area contributed by atoms with E-state index in [0.717, 1.165) is 136 Å². The summed E-state index contributed by atoms with van der Waals surface area (Å²) in [4.78, 5) is 25.5. The van der Waals surface area contributed by atoms with Crippen LogP contribution in [0.1, 0.15) is 148 Å². The fourth-order valence-corrected chi connectivity index (χ4v) is 17.0. The molecule has 0 aromatic heterocycles. The minimum Gasteiger partial charge on any atom is -0.508 e.